The highest BCUT2D eigenvalue weighted by atomic mass is 16.7. The lowest BCUT2D eigenvalue weighted by molar-refractivity contribution is -0.302. The summed E-state index contributed by atoms with van der Waals surface area (Å²) in [5, 5.41) is 34.1. The Balaban J connectivity index is 1.78. The molecule has 2 bridgehead atoms. The number of hydrogen-bond acceptors (Lipinski definition) is 12. The van der Waals surface area contributed by atoms with Gasteiger partial charge in [0.15, 0.2) is 0 Å². The molecule has 0 radical (unpaired) electrons. The third-order valence-corrected chi connectivity index (χ3v) is 12.9. The van der Waals surface area contributed by atoms with Gasteiger partial charge in [0.25, 0.3) is 11.7 Å². The van der Waals surface area contributed by atoms with Crippen molar-refractivity contribution in [1.29, 1.82) is 0 Å². The zero-order valence-electron chi connectivity index (χ0n) is 35.4. The molecule has 0 aromatic heterocycles. The number of methoxy groups -OCH3 is 3. The fraction of sp³-hybridized carbons (Fsp3) is 0.773. The molecule has 3 N–H and O–H groups in total. The van der Waals surface area contributed by atoms with Gasteiger partial charge in [-0.05, 0) is 95.5 Å². The summed E-state index contributed by atoms with van der Waals surface area (Å²) in [4.78, 5) is 57.8. The molecule has 1 aliphatic carbocycles. The number of aliphatic hydroxyl groups is 3. The molecule has 13 heteroatoms. The van der Waals surface area contributed by atoms with Crippen molar-refractivity contribution < 1.29 is 58.2 Å². The van der Waals surface area contributed by atoms with E-state index >= 15 is 0 Å². The zero-order valence-corrected chi connectivity index (χ0v) is 35.4. The maximum absolute atomic E-state index is 14.3. The quantitative estimate of drug-likeness (QED) is 0.185. The van der Waals surface area contributed by atoms with Crippen LogP contribution in [-0.4, -0.2) is 126 Å². The van der Waals surface area contributed by atoms with Crippen molar-refractivity contribution in [2.24, 2.45) is 29.6 Å². The van der Waals surface area contributed by atoms with E-state index in [1.165, 1.54) is 19.1 Å². The SMILES string of the molecule is C=CC[C@@H]1C=C(C)C[C@H](C)C[C@H](OC)[C@H]2O[C@@](O)(C(=O)C(=O)N3CCCC[C@@H]3C(=O)O[C@H](/C(C)=C/[C@@H]3CC[C@H](O)[C@H](OC)C3)[C@H](C)[C@H](O)CC1=O)[C@H](C)C[C@@H]2OC. The number of piperidine rings is 1. The third-order valence-electron chi connectivity index (χ3n) is 12.9. The molecule has 3 heterocycles. The van der Waals surface area contributed by atoms with Crippen LogP contribution in [0.5, 0.6) is 0 Å². The maximum atomic E-state index is 14.3. The minimum absolute atomic E-state index is 0.00988. The first-order valence-electron chi connectivity index (χ1n) is 20.9. The molecule has 13 nitrogen and oxygen atoms in total. The van der Waals surface area contributed by atoms with Crippen LogP contribution in [0.2, 0.25) is 0 Å². The first-order chi connectivity index (χ1) is 27.0. The minimum atomic E-state index is -2.51. The molecule has 3 fully saturated rings. The molecule has 0 aromatic rings. The lowest BCUT2D eigenvalue weighted by Crippen LogP contribution is -2.64. The topological polar surface area (TPSA) is 178 Å². The molecule has 0 unspecified atom stereocenters. The summed E-state index contributed by atoms with van der Waals surface area (Å²) in [5.74, 6) is -7.76. The van der Waals surface area contributed by atoms with Gasteiger partial charge in [-0.25, -0.2) is 4.79 Å². The lowest BCUT2D eigenvalue weighted by atomic mass is 9.81. The van der Waals surface area contributed by atoms with E-state index in [-0.39, 0.29) is 49.5 Å². The average molecular weight is 804 g/mol. The van der Waals surface area contributed by atoms with Crippen LogP contribution in [0.15, 0.2) is 36.0 Å². The van der Waals surface area contributed by atoms with Crippen molar-refractivity contribution in [3.8, 4) is 0 Å². The molecule has 14 atom stereocenters. The molecular formula is C44H69NO12. The van der Waals surface area contributed by atoms with Gasteiger partial charge in [-0.2, -0.15) is 0 Å². The van der Waals surface area contributed by atoms with Gasteiger partial charge >= 0.3 is 5.97 Å². The largest absolute Gasteiger partial charge is 0.456 e. The van der Waals surface area contributed by atoms with Gasteiger partial charge in [-0.1, -0.05) is 44.6 Å². The number of carbonyl (C=O) groups excluding carboxylic acids is 4. The van der Waals surface area contributed by atoms with Crippen molar-refractivity contribution in [1.82, 2.24) is 4.90 Å². The van der Waals surface area contributed by atoms with Gasteiger partial charge in [0, 0.05) is 52.0 Å². The highest BCUT2D eigenvalue weighted by molar-refractivity contribution is 6.39. The Morgan fingerprint density at radius 1 is 0.930 bits per heavy atom. The fourth-order valence-electron chi connectivity index (χ4n) is 9.42. The zero-order chi connectivity index (χ0) is 42.2. The number of allylic oxidation sites excluding steroid dienone is 4. The molecular weight excluding hydrogens is 734 g/mol. The number of cyclic esters (lactones) is 1. The van der Waals surface area contributed by atoms with E-state index in [0.29, 0.717) is 56.9 Å². The van der Waals surface area contributed by atoms with Crippen LogP contribution in [0.4, 0.5) is 0 Å². The normalized spacial score (nSPS) is 40.1. The number of esters is 1. The Labute approximate surface area is 339 Å². The van der Waals surface area contributed by atoms with Crippen LogP contribution in [0.1, 0.15) is 105 Å². The first kappa shape index (κ1) is 46.9. The van der Waals surface area contributed by atoms with Crippen LogP contribution in [-0.2, 0) is 42.9 Å². The van der Waals surface area contributed by atoms with Crippen LogP contribution in [0.3, 0.4) is 0 Å². The van der Waals surface area contributed by atoms with E-state index in [1.807, 2.05) is 32.9 Å². The molecule has 0 spiro atoms. The van der Waals surface area contributed by atoms with E-state index < -0.39 is 83.9 Å². The molecule has 1 saturated carbocycles. The number of amides is 1. The second kappa shape index (κ2) is 21.0. The smallest absolute Gasteiger partial charge is 0.329 e. The van der Waals surface area contributed by atoms with Crippen LogP contribution in [0, 0.1) is 29.6 Å². The maximum Gasteiger partial charge on any atom is 0.329 e. The van der Waals surface area contributed by atoms with Crippen molar-refractivity contribution in [3.05, 3.63) is 36.0 Å². The van der Waals surface area contributed by atoms with E-state index in [1.54, 1.807) is 27.0 Å². The molecule has 2 saturated heterocycles. The van der Waals surface area contributed by atoms with Crippen LogP contribution < -0.4 is 0 Å². The Hall–Kier alpha value is -2.78. The summed E-state index contributed by atoms with van der Waals surface area (Å²) >= 11 is 0. The Morgan fingerprint density at radius 3 is 2.25 bits per heavy atom. The molecule has 4 rings (SSSR count). The van der Waals surface area contributed by atoms with E-state index in [0.717, 1.165) is 5.57 Å². The summed E-state index contributed by atoms with van der Waals surface area (Å²) in [7, 11) is 4.61. The molecule has 3 aliphatic heterocycles. The van der Waals surface area contributed by atoms with E-state index in [9.17, 15) is 34.5 Å². The molecule has 322 valence electrons. The second-order valence-electron chi connectivity index (χ2n) is 17.3. The summed E-state index contributed by atoms with van der Waals surface area (Å²) in [6.45, 7) is 13.1. The lowest BCUT2D eigenvalue weighted by Gasteiger charge is -2.47. The predicted octanol–water partition coefficient (Wildman–Crippen LogP) is 4.64. The number of aliphatic hydroxyl groups excluding tert-OH is 2. The summed E-state index contributed by atoms with van der Waals surface area (Å²) in [6.07, 6.45) is 4.93. The number of Topliss-reactive ketones (excluding diaryl/α,β-unsaturated/α-hetero) is 2. The second-order valence-corrected chi connectivity index (χ2v) is 17.3. The number of fused-ring (bicyclic) bond motifs is 3. The van der Waals surface area contributed by atoms with Gasteiger partial charge in [0.05, 0.1) is 30.5 Å². The number of ether oxygens (including phenoxy) is 5. The van der Waals surface area contributed by atoms with Gasteiger partial charge in [-0.3, -0.25) is 14.4 Å². The fourth-order valence-corrected chi connectivity index (χ4v) is 9.42. The Kier molecular flexibility index (Phi) is 17.2. The van der Waals surface area contributed by atoms with Crippen LogP contribution in [0.25, 0.3) is 0 Å². The summed E-state index contributed by atoms with van der Waals surface area (Å²) in [5.41, 5.74) is 1.61. The number of rotatable bonds is 7. The standard InChI is InChI=1S/C44H69NO12/c1-10-13-31-19-25(2)18-26(3)20-37(54-8)40-38(55-9)22-28(5)44(52,57-40)41(49)42(50)45-17-12-11-14-32(45)43(51)56-39(29(6)34(47)24-35(31)48)27(4)21-30-15-16-33(46)36(23-30)53-7/h10,19,21,26,28-34,36-40,46-47,52H,1,11-18,20,22-24H2,2-9H3/b25-19?,27-21+/t26-,28+,29+,30-,31+,32+,33-,34+,36+,37-,38-,39+,40+,44+/m0/s1. The minimum Gasteiger partial charge on any atom is -0.456 e. The third kappa shape index (κ3) is 11.3. The molecule has 4 aliphatic rings. The predicted molar refractivity (Wildman–Crippen MR) is 213 cm³/mol. The van der Waals surface area contributed by atoms with Crippen molar-refractivity contribution in [2.45, 2.75) is 160 Å². The van der Waals surface area contributed by atoms with Gasteiger partial charge in [0.1, 0.15) is 24.0 Å². The Bertz CT molecular complexity index is 1480. The molecule has 1 amide bonds. The van der Waals surface area contributed by atoms with Crippen molar-refractivity contribution in [2.75, 3.05) is 27.9 Å². The van der Waals surface area contributed by atoms with Crippen molar-refractivity contribution >= 4 is 23.4 Å². The summed E-state index contributed by atoms with van der Waals surface area (Å²) in [6, 6.07) is -1.14. The average Bonchev–Trinajstić information content (AvgIpc) is 3.18. The van der Waals surface area contributed by atoms with Gasteiger partial charge in [-0.15, -0.1) is 6.58 Å². The van der Waals surface area contributed by atoms with Crippen molar-refractivity contribution in [3.63, 3.8) is 0 Å². The number of nitrogens with zero attached hydrogens (tertiary/aromatic N) is 1. The number of ketones is 2. The summed E-state index contributed by atoms with van der Waals surface area (Å²) < 4.78 is 29.7. The highest BCUT2D eigenvalue weighted by Gasteiger charge is 2.56. The van der Waals surface area contributed by atoms with Crippen LogP contribution >= 0.6 is 0 Å². The van der Waals surface area contributed by atoms with E-state index in [2.05, 4.69) is 6.58 Å². The first-order valence-corrected chi connectivity index (χ1v) is 20.9. The Morgan fingerprint density at radius 2 is 1.60 bits per heavy atom. The number of hydrogen-bond donors (Lipinski definition) is 3. The highest BCUT2D eigenvalue weighted by Crippen LogP contribution is 2.39. The van der Waals surface area contributed by atoms with Gasteiger partial charge < -0.3 is 43.9 Å². The monoisotopic (exact) mass is 803 g/mol. The van der Waals surface area contributed by atoms with Gasteiger partial charge in [0.2, 0.25) is 5.79 Å². The molecule has 0 aromatic carbocycles. The molecule has 57 heavy (non-hydrogen) atoms. The number of carbonyl (C=O) groups is 4. The van der Waals surface area contributed by atoms with E-state index in [4.69, 9.17) is 23.7 Å².